The summed E-state index contributed by atoms with van der Waals surface area (Å²) >= 11 is 3.35. The van der Waals surface area contributed by atoms with Gasteiger partial charge < -0.3 is 4.74 Å². The molecule has 0 amide bonds. The highest BCUT2D eigenvalue weighted by atomic mass is 79.9. The van der Waals surface area contributed by atoms with Crippen molar-refractivity contribution in [1.82, 2.24) is 0 Å². The van der Waals surface area contributed by atoms with Crippen LogP contribution in [0.4, 0.5) is 0 Å². The van der Waals surface area contributed by atoms with Crippen molar-refractivity contribution < 1.29 is 14.3 Å². The summed E-state index contributed by atoms with van der Waals surface area (Å²) in [4.78, 5) is 23.4. The first-order valence-corrected chi connectivity index (χ1v) is 6.93. The SMILES string of the molecule is O=C(Cc1ccccc1Br)C(=O)OCc1ccccc1. The van der Waals surface area contributed by atoms with Crippen molar-refractivity contribution in [3.8, 4) is 0 Å². The average Bonchev–Trinajstić information content (AvgIpc) is 2.48. The number of halogens is 1. The van der Waals surface area contributed by atoms with E-state index in [1.807, 2.05) is 48.5 Å². The predicted molar refractivity (Wildman–Crippen MR) is 79.1 cm³/mol. The zero-order valence-electron chi connectivity index (χ0n) is 10.7. The van der Waals surface area contributed by atoms with Crippen molar-refractivity contribution in [3.05, 3.63) is 70.2 Å². The summed E-state index contributed by atoms with van der Waals surface area (Å²) in [6.07, 6.45) is 0.0368. The molecule has 0 fully saturated rings. The van der Waals surface area contributed by atoms with Crippen molar-refractivity contribution >= 4 is 27.7 Å². The third-order valence-corrected chi connectivity index (χ3v) is 3.52. The number of hydrogen-bond donors (Lipinski definition) is 0. The third kappa shape index (κ3) is 4.03. The van der Waals surface area contributed by atoms with E-state index in [0.717, 1.165) is 15.6 Å². The monoisotopic (exact) mass is 332 g/mol. The van der Waals surface area contributed by atoms with Gasteiger partial charge in [0, 0.05) is 10.9 Å². The van der Waals surface area contributed by atoms with Gasteiger partial charge in [-0.1, -0.05) is 64.5 Å². The van der Waals surface area contributed by atoms with Gasteiger partial charge in [-0.2, -0.15) is 0 Å². The molecule has 20 heavy (non-hydrogen) atoms. The molecule has 0 heterocycles. The average molecular weight is 333 g/mol. The summed E-state index contributed by atoms with van der Waals surface area (Å²) in [6.45, 7) is 0.112. The zero-order valence-corrected chi connectivity index (χ0v) is 12.3. The van der Waals surface area contributed by atoms with E-state index in [2.05, 4.69) is 15.9 Å². The van der Waals surface area contributed by atoms with Crippen molar-refractivity contribution in [1.29, 1.82) is 0 Å². The Hall–Kier alpha value is -1.94. The molecule has 4 heteroatoms. The van der Waals surface area contributed by atoms with Crippen LogP contribution in [-0.2, 0) is 27.4 Å². The minimum absolute atomic E-state index is 0.0368. The van der Waals surface area contributed by atoms with Crippen LogP contribution in [0.15, 0.2) is 59.1 Å². The number of hydrogen-bond acceptors (Lipinski definition) is 3. The molecule has 0 bridgehead atoms. The fraction of sp³-hybridized carbons (Fsp3) is 0.125. The van der Waals surface area contributed by atoms with Crippen molar-refractivity contribution in [3.63, 3.8) is 0 Å². The Morgan fingerprint density at radius 3 is 2.30 bits per heavy atom. The normalized spacial score (nSPS) is 10.1. The summed E-state index contributed by atoms with van der Waals surface area (Å²) in [5.74, 6) is -1.35. The maximum absolute atomic E-state index is 11.8. The largest absolute Gasteiger partial charge is 0.455 e. The molecule has 0 atom stereocenters. The topological polar surface area (TPSA) is 43.4 Å². The van der Waals surface area contributed by atoms with Gasteiger partial charge in [-0.3, -0.25) is 4.79 Å². The maximum Gasteiger partial charge on any atom is 0.375 e. The summed E-state index contributed by atoms with van der Waals surface area (Å²) < 4.78 is 5.81. The molecule has 0 saturated carbocycles. The van der Waals surface area contributed by atoms with Crippen LogP contribution in [0.1, 0.15) is 11.1 Å². The highest BCUT2D eigenvalue weighted by molar-refractivity contribution is 9.10. The molecule has 0 spiro atoms. The van der Waals surface area contributed by atoms with E-state index in [0.29, 0.717) is 0 Å². The molecule has 2 aromatic carbocycles. The van der Waals surface area contributed by atoms with Gasteiger partial charge in [0.1, 0.15) is 6.61 Å². The Labute approximate surface area is 125 Å². The summed E-state index contributed by atoms with van der Waals surface area (Å²) in [7, 11) is 0. The van der Waals surface area contributed by atoms with Gasteiger partial charge in [0.15, 0.2) is 0 Å². The van der Waals surface area contributed by atoms with Crippen LogP contribution in [0.2, 0.25) is 0 Å². The second-order valence-corrected chi connectivity index (χ2v) is 5.11. The molecule has 2 aromatic rings. The predicted octanol–water partition coefficient (Wildman–Crippen LogP) is 3.30. The van der Waals surface area contributed by atoms with Gasteiger partial charge in [0.25, 0.3) is 0 Å². The van der Waals surface area contributed by atoms with E-state index in [1.54, 1.807) is 6.07 Å². The number of benzene rings is 2. The molecule has 0 unspecified atom stereocenters. The van der Waals surface area contributed by atoms with Crippen molar-refractivity contribution in [2.24, 2.45) is 0 Å². The van der Waals surface area contributed by atoms with E-state index in [9.17, 15) is 9.59 Å². The first-order valence-electron chi connectivity index (χ1n) is 6.14. The van der Waals surface area contributed by atoms with E-state index >= 15 is 0 Å². The zero-order chi connectivity index (χ0) is 14.4. The van der Waals surface area contributed by atoms with Crippen molar-refractivity contribution in [2.45, 2.75) is 13.0 Å². The fourth-order valence-corrected chi connectivity index (χ4v) is 2.12. The first kappa shape index (κ1) is 14.5. The van der Waals surface area contributed by atoms with Crippen LogP contribution >= 0.6 is 15.9 Å². The molecule has 2 rings (SSSR count). The lowest BCUT2D eigenvalue weighted by atomic mass is 10.1. The number of carbonyl (C=O) groups excluding carboxylic acids is 2. The van der Waals surface area contributed by atoms with Gasteiger partial charge >= 0.3 is 5.97 Å². The van der Waals surface area contributed by atoms with Crippen LogP contribution < -0.4 is 0 Å². The first-order chi connectivity index (χ1) is 9.66. The molecule has 0 aliphatic carbocycles. The minimum Gasteiger partial charge on any atom is -0.455 e. The number of carbonyl (C=O) groups is 2. The molecule has 0 aromatic heterocycles. The molecule has 0 aliphatic rings. The van der Waals surface area contributed by atoms with E-state index in [1.165, 1.54) is 0 Å². The van der Waals surface area contributed by atoms with Gasteiger partial charge in [-0.15, -0.1) is 0 Å². The summed E-state index contributed by atoms with van der Waals surface area (Å²) in [5.41, 5.74) is 1.63. The standard InChI is InChI=1S/C16H13BrO3/c17-14-9-5-4-8-13(14)10-15(18)16(19)20-11-12-6-2-1-3-7-12/h1-9H,10-11H2. The Balaban J connectivity index is 1.90. The van der Waals surface area contributed by atoms with Gasteiger partial charge in [0.2, 0.25) is 5.78 Å². The van der Waals surface area contributed by atoms with Gasteiger partial charge in [-0.25, -0.2) is 4.79 Å². The lowest BCUT2D eigenvalue weighted by Gasteiger charge is -2.05. The Morgan fingerprint density at radius 2 is 1.60 bits per heavy atom. The smallest absolute Gasteiger partial charge is 0.375 e. The molecule has 0 aliphatic heterocycles. The minimum atomic E-state index is -0.801. The maximum atomic E-state index is 11.8. The highest BCUT2D eigenvalue weighted by Gasteiger charge is 2.17. The van der Waals surface area contributed by atoms with Crippen LogP contribution in [0.5, 0.6) is 0 Å². The molecular formula is C16H13BrO3. The molecule has 102 valence electrons. The molecule has 0 saturated heterocycles. The quantitative estimate of drug-likeness (QED) is 0.623. The number of esters is 1. The van der Waals surface area contributed by atoms with E-state index in [-0.39, 0.29) is 13.0 Å². The second kappa shape index (κ2) is 7.01. The molecule has 0 N–H and O–H groups in total. The molecule has 0 radical (unpaired) electrons. The van der Waals surface area contributed by atoms with Crippen LogP contribution in [-0.4, -0.2) is 11.8 Å². The van der Waals surface area contributed by atoms with Crippen LogP contribution in [0, 0.1) is 0 Å². The number of Topliss-reactive ketones (excluding diaryl/α,β-unsaturated/α-hetero) is 1. The summed E-state index contributed by atoms with van der Waals surface area (Å²) in [5, 5.41) is 0. The highest BCUT2D eigenvalue weighted by Crippen LogP contribution is 2.16. The Kier molecular flexibility index (Phi) is 5.07. The van der Waals surface area contributed by atoms with E-state index in [4.69, 9.17) is 4.74 Å². The third-order valence-electron chi connectivity index (χ3n) is 2.75. The Bertz CT molecular complexity index is 608. The number of rotatable bonds is 5. The lowest BCUT2D eigenvalue weighted by Crippen LogP contribution is -2.19. The number of ether oxygens (including phenoxy) is 1. The van der Waals surface area contributed by atoms with Crippen molar-refractivity contribution in [2.75, 3.05) is 0 Å². The molecular weight excluding hydrogens is 320 g/mol. The van der Waals surface area contributed by atoms with Gasteiger partial charge in [-0.05, 0) is 17.2 Å². The summed E-state index contributed by atoms with van der Waals surface area (Å²) in [6, 6.07) is 16.6. The number of ketones is 1. The fourth-order valence-electron chi connectivity index (χ4n) is 1.69. The van der Waals surface area contributed by atoms with Crippen LogP contribution in [0.25, 0.3) is 0 Å². The van der Waals surface area contributed by atoms with Gasteiger partial charge in [0.05, 0.1) is 0 Å². The second-order valence-electron chi connectivity index (χ2n) is 4.25. The lowest BCUT2D eigenvalue weighted by molar-refractivity contribution is -0.154. The molecule has 3 nitrogen and oxygen atoms in total. The van der Waals surface area contributed by atoms with E-state index < -0.39 is 11.8 Å². The Morgan fingerprint density at radius 1 is 0.950 bits per heavy atom. The van der Waals surface area contributed by atoms with Crippen LogP contribution in [0.3, 0.4) is 0 Å².